The first-order chi connectivity index (χ1) is 9.96. The van der Waals surface area contributed by atoms with E-state index in [2.05, 4.69) is 47.1 Å². The van der Waals surface area contributed by atoms with Crippen LogP contribution in [0.5, 0.6) is 0 Å². The molecule has 2 aromatic carbocycles. The zero-order valence-corrected chi connectivity index (χ0v) is 14.3. The van der Waals surface area contributed by atoms with E-state index in [1.165, 1.54) is 0 Å². The van der Waals surface area contributed by atoms with Crippen molar-refractivity contribution in [3.63, 3.8) is 0 Å². The van der Waals surface area contributed by atoms with Crippen molar-refractivity contribution in [2.24, 2.45) is 0 Å². The molecule has 0 aliphatic carbocycles. The second-order valence-electron chi connectivity index (χ2n) is 5.57. The van der Waals surface area contributed by atoms with E-state index < -0.39 is 0 Å². The van der Waals surface area contributed by atoms with Gasteiger partial charge in [-0.25, -0.2) is 0 Å². The molecule has 3 nitrogen and oxygen atoms in total. The monoisotopic (exact) mass is 394 g/mol. The Morgan fingerprint density at radius 2 is 1.81 bits per heavy atom. The number of carbonyl (C=O) groups excluding carboxylic acids is 1. The molecule has 0 unspecified atom stereocenters. The van der Waals surface area contributed by atoms with Gasteiger partial charge < -0.3 is 10.6 Å². The highest BCUT2D eigenvalue weighted by Gasteiger charge is 2.18. The van der Waals surface area contributed by atoms with E-state index in [4.69, 9.17) is 0 Å². The molecular weight excluding hydrogens is 375 g/mol. The average Bonchev–Trinajstić information content (AvgIpc) is 2.45. The van der Waals surface area contributed by atoms with Gasteiger partial charge >= 0.3 is 0 Å². The zero-order chi connectivity index (χ0) is 15.3. The highest BCUT2D eigenvalue weighted by molar-refractivity contribution is 14.1. The summed E-state index contributed by atoms with van der Waals surface area (Å²) in [6.07, 6.45) is 0. The Morgan fingerprint density at radius 1 is 1.10 bits per heavy atom. The molecule has 1 amide bonds. The molecule has 2 N–H and O–H groups in total. The molecule has 2 rings (SSSR count). The predicted octanol–water partition coefficient (Wildman–Crippen LogP) is 3.91. The normalized spacial score (nSPS) is 11.0. The fourth-order valence-electron chi connectivity index (χ4n) is 1.99. The minimum absolute atomic E-state index is 0.0450. The summed E-state index contributed by atoms with van der Waals surface area (Å²) in [6, 6.07) is 17.6. The summed E-state index contributed by atoms with van der Waals surface area (Å²) in [6.45, 7) is 4.68. The summed E-state index contributed by atoms with van der Waals surface area (Å²) in [5.41, 5.74) is 1.52. The maximum absolute atomic E-state index is 12.2. The largest absolute Gasteiger partial charge is 0.378 e. The van der Waals surface area contributed by atoms with Crippen molar-refractivity contribution < 1.29 is 4.79 Å². The second kappa shape index (κ2) is 6.93. The molecule has 0 atom stereocenters. The summed E-state index contributed by atoms with van der Waals surface area (Å²) in [4.78, 5) is 12.2. The Hall–Kier alpha value is -1.56. The molecule has 0 spiro atoms. The molecule has 0 saturated heterocycles. The lowest BCUT2D eigenvalue weighted by molar-refractivity contribution is 0.0947. The second-order valence-corrected chi connectivity index (χ2v) is 6.81. The number of halogens is 1. The fraction of sp³-hybridized carbons (Fsp3) is 0.235. The highest BCUT2D eigenvalue weighted by atomic mass is 127. The summed E-state index contributed by atoms with van der Waals surface area (Å²) in [7, 11) is 0. The van der Waals surface area contributed by atoms with Crippen LogP contribution in [-0.4, -0.2) is 18.0 Å². The third kappa shape index (κ3) is 5.04. The fourth-order valence-corrected chi connectivity index (χ4v) is 2.53. The standard InChI is InChI=1S/C17H19IN2O/c1-17(2,20-15-9-4-3-5-10-15)12-19-16(21)13-7-6-8-14(18)11-13/h3-11,20H,12H2,1-2H3,(H,19,21). The SMILES string of the molecule is CC(C)(CNC(=O)c1cccc(I)c1)Nc1ccccc1. The maximum Gasteiger partial charge on any atom is 0.251 e. The third-order valence-electron chi connectivity index (χ3n) is 3.03. The van der Waals surface area contributed by atoms with Crippen LogP contribution >= 0.6 is 22.6 Å². The minimum atomic E-state index is -0.223. The van der Waals surface area contributed by atoms with Gasteiger partial charge in [0.25, 0.3) is 5.91 Å². The van der Waals surface area contributed by atoms with Gasteiger partial charge in [0.2, 0.25) is 0 Å². The van der Waals surface area contributed by atoms with E-state index in [0.717, 1.165) is 9.26 Å². The summed E-state index contributed by atoms with van der Waals surface area (Å²) >= 11 is 2.21. The molecule has 0 aliphatic heterocycles. The number of amides is 1. The number of carbonyl (C=O) groups is 1. The van der Waals surface area contributed by atoms with E-state index >= 15 is 0 Å². The van der Waals surface area contributed by atoms with Crippen LogP contribution in [0.2, 0.25) is 0 Å². The van der Waals surface area contributed by atoms with Crippen molar-refractivity contribution in [3.05, 3.63) is 63.7 Å². The quantitative estimate of drug-likeness (QED) is 0.756. The molecule has 0 fully saturated rings. The molecule has 0 radical (unpaired) electrons. The summed E-state index contributed by atoms with van der Waals surface area (Å²) in [5, 5.41) is 6.40. The molecule has 4 heteroatoms. The van der Waals surface area contributed by atoms with Crippen LogP contribution in [0, 0.1) is 3.57 Å². The zero-order valence-electron chi connectivity index (χ0n) is 12.2. The molecule has 110 valence electrons. The van der Waals surface area contributed by atoms with Crippen LogP contribution in [-0.2, 0) is 0 Å². The topological polar surface area (TPSA) is 41.1 Å². The third-order valence-corrected chi connectivity index (χ3v) is 3.71. The summed E-state index contributed by atoms with van der Waals surface area (Å²) < 4.78 is 1.06. The average molecular weight is 394 g/mol. The van der Waals surface area contributed by atoms with Crippen LogP contribution < -0.4 is 10.6 Å². The van der Waals surface area contributed by atoms with Gasteiger partial charge in [0, 0.05) is 26.9 Å². The first kappa shape index (κ1) is 15.8. The van der Waals surface area contributed by atoms with Crippen molar-refractivity contribution in [3.8, 4) is 0 Å². The lowest BCUT2D eigenvalue weighted by Gasteiger charge is -2.28. The summed E-state index contributed by atoms with van der Waals surface area (Å²) in [5.74, 6) is -0.0450. The number of benzene rings is 2. The number of hydrogen-bond donors (Lipinski definition) is 2. The van der Waals surface area contributed by atoms with E-state index in [9.17, 15) is 4.79 Å². The molecule has 0 aromatic heterocycles. The van der Waals surface area contributed by atoms with Gasteiger partial charge in [0.1, 0.15) is 0 Å². The van der Waals surface area contributed by atoms with Crippen LogP contribution in [0.25, 0.3) is 0 Å². The van der Waals surface area contributed by atoms with Gasteiger partial charge in [-0.15, -0.1) is 0 Å². The smallest absolute Gasteiger partial charge is 0.251 e. The molecule has 21 heavy (non-hydrogen) atoms. The van der Waals surface area contributed by atoms with E-state index in [0.29, 0.717) is 12.1 Å². The van der Waals surface area contributed by atoms with Crippen molar-refractivity contribution in [1.82, 2.24) is 5.32 Å². The van der Waals surface area contributed by atoms with Crippen molar-refractivity contribution in [2.75, 3.05) is 11.9 Å². The Bertz CT molecular complexity index is 611. The van der Waals surface area contributed by atoms with Gasteiger partial charge in [-0.05, 0) is 66.8 Å². The van der Waals surface area contributed by atoms with Gasteiger partial charge in [0.15, 0.2) is 0 Å². The van der Waals surface area contributed by atoms with Gasteiger partial charge in [0.05, 0.1) is 0 Å². The van der Waals surface area contributed by atoms with Gasteiger partial charge in [-0.2, -0.15) is 0 Å². The Labute approximate surface area is 139 Å². The van der Waals surface area contributed by atoms with E-state index in [1.54, 1.807) is 0 Å². The van der Waals surface area contributed by atoms with Crippen molar-refractivity contribution in [2.45, 2.75) is 19.4 Å². The number of nitrogens with one attached hydrogen (secondary N) is 2. The molecule has 0 heterocycles. The minimum Gasteiger partial charge on any atom is -0.378 e. The Morgan fingerprint density at radius 3 is 2.48 bits per heavy atom. The Kier molecular flexibility index (Phi) is 5.22. The molecule has 0 bridgehead atoms. The van der Waals surface area contributed by atoms with Crippen LogP contribution in [0.3, 0.4) is 0 Å². The number of rotatable bonds is 5. The molecule has 0 saturated carbocycles. The maximum atomic E-state index is 12.2. The predicted molar refractivity (Wildman–Crippen MR) is 95.6 cm³/mol. The number of para-hydroxylation sites is 1. The first-order valence-electron chi connectivity index (χ1n) is 6.83. The lowest BCUT2D eigenvalue weighted by Crippen LogP contribution is -2.44. The van der Waals surface area contributed by atoms with E-state index in [-0.39, 0.29) is 11.4 Å². The number of hydrogen-bond acceptors (Lipinski definition) is 2. The van der Waals surface area contributed by atoms with Crippen molar-refractivity contribution in [1.29, 1.82) is 0 Å². The van der Waals surface area contributed by atoms with Crippen LogP contribution in [0.1, 0.15) is 24.2 Å². The molecular formula is C17H19IN2O. The lowest BCUT2D eigenvalue weighted by atomic mass is 10.0. The van der Waals surface area contributed by atoms with Crippen LogP contribution in [0.15, 0.2) is 54.6 Å². The van der Waals surface area contributed by atoms with Gasteiger partial charge in [-0.3, -0.25) is 4.79 Å². The van der Waals surface area contributed by atoms with Gasteiger partial charge in [-0.1, -0.05) is 24.3 Å². The van der Waals surface area contributed by atoms with Crippen LogP contribution in [0.4, 0.5) is 5.69 Å². The van der Waals surface area contributed by atoms with Crippen molar-refractivity contribution >= 4 is 34.2 Å². The Balaban J connectivity index is 1.93. The molecule has 0 aliphatic rings. The number of anilines is 1. The highest BCUT2D eigenvalue weighted by Crippen LogP contribution is 2.14. The van der Waals surface area contributed by atoms with E-state index in [1.807, 2.05) is 54.6 Å². The molecule has 2 aromatic rings. The first-order valence-corrected chi connectivity index (χ1v) is 7.91.